The highest BCUT2D eigenvalue weighted by molar-refractivity contribution is 5.87. The molecule has 15 heavy (non-hydrogen) atoms. The quantitative estimate of drug-likeness (QED) is 0.741. The highest BCUT2D eigenvalue weighted by Gasteiger charge is 2.42. The third-order valence-corrected chi connectivity index (χ3v) is 2.85. The van der Waals surface area contributed by atoms with Crippen LogP contribution in [0, 0.1) is 17.3 Å². The minimum Gasteiger partial charge on any atom is -0.480 e. The number of carboxylic acids is 1. The van der Waals surface area contributed by atoms with E-state index in [1.807, 2.05) is 27.7 Å². The van der Waals surface area contributed by atoms with Crippen molar-refractivity contribution in [3.63, 3.8) is 0 Å². The monoisotopic (exact) mass is 213 g/mol. The van der Waals surface area contributed by atoms with Gasteiger partial charge in [-0.25, -0.2) is 4.79 Å². The van der Waals surface area contributed by atoms with E-state index in [2.05, 4.69) is 5.32 Å². The zero-order valence-corrected chi connectivity index (χ0v) is 9.70. The molecule has 1 fully saturated rings. The summed E-state index contributed by atoms with van der Waals surface area (Å²) in [5.74, 6) is -0.664. The van der Waals surface area contributed by atoms with Crippen LogP contribution in [0.2, 0.25) is 0 Å². The van der Waals surface area contributed by atoms with E-state index < -0.39 is 17.4 Å². The molecule has 3 atom stereocenters. The molecule has 0 bridgehead atoms. The third-order valence-electron chi connectivity index (χ3n) is 2.85. The molecule has 0 aromatic rings. The SMILES string of the molecule is CC1CC1C(=O)N[C@@H](C(=O)O)C(C)(C)C. The highest BCUT2D eigenvalue weighted by Crippen LogP contribution is 2.38. The van der Waals surface area contributed by atoms with Crippen LogP contribution in [0.3, 0.4) is 0 Å². The van der Waals surface area contributed by atoms with E-state index in [1.54, 1.807) is 0 Å². The fourth-order valence-corrected chi connectivity index (χ4v) is 1.59. The summed E-state index contributed by atoms with van der Waals surface area (Å²) in [5, 5.41) is 11.6. The topological polar surface area (TPSA) is 66.4 Å². The summed E-state index contributed by atoms with van der Waals surface area (Å²) in [6, 6.07) is -0.808. The Morgan fingerprint density at radius 1 is 1.40 bits per heavy atom. The second kappa shape index (κ2) is 3.83. The van der Waals surface area contributed by atoms with E-state index in [-0.39, 0.29) is 11.8 Å². The number of nitrogens with one attached hydrogen (secondary N) is 1. The Bertz CT molecular complexity index is 280. The minimum absolute atomic E-state index is 0.0224. The van der Waals surface area contributed by atoms with Gasteiger partial charge in [0.25, 0.3) is 0 Å². The van der Waals surface area contributed by atoms with Crippen LogP contribution in [0.5, 0.6) is 0 Å². The molecule has 0 spiro atoms. The summed E-state index contributed by atoms with van der Waals surface area (Å²) in [6.45, 7) is 7.42. The summed E-state index contributed by atoms with van der Waals surface area (Å²) in [7, 11) is 0. The van der Waals surface area contributed by atoms with Gasteiger partial charge >= 0.3 is 5.97 Å². The lowest BCUT2D eigenvalue weighted by atomic mass is 9.86. The van der Waals surface area contributed by atoms with Gasteiger partial charge in [-0.3, -0.25) is 4.79 Å². The van der Waals surface area contributed by atoms with Crippen LogP contribution in [-0.2, 0) is 9.59 Å². The Balaban J connectivity index is 2.60. The van der Waals surface area contributed by atoms with Gasteiger partial charge in [0.2, 0.25) is 5.91 Å². The molecule has 0 saturated heterocycles. The predicted octanol–water partition coefficient (Wildman–Crippen LogP) is 1.26. The van der Waals surface area contributed by atoms with Crippen molar-refractivity contribution in [3.8, 4) is 0 Å². The first-order valence-corrected chi connectivity index (χ1v) is 5.26. The van der Waals surface area contributed by atoms with Gasteiger partial charge in [0.1, 0.15) is 6.04 Å². The minimum atomic E-state index is -0.968. The maximum absolute atomic E-state index is 11.6. The molecule has 1 aliphatic carbocycles. The molecule has 1 rings (SSSR count). The first-order chi connectivity index (χ1) is 6.73. The molecular weight excluding hydrogens is 194 g/mol. The van der Waals surface area contributed by atoms with Crippen LogP contribution in [0.4, 0.5) is 0 Å². The van der Waals surface area contributed by atoms with Crippen molar-refractivity contribution in [2.75, 3.05) is 0 Å². The normalized spacial score (nSPS) is 26.9. The van der Waals surface area contributed by atoms with Gasteiger partial charge in [0.15, 0.2) is 0 Å². The second-order valence-electron chi connectivity index (χ2n) is 5.47. The van der Waals surface area contributed by atoms with Crippen molar-refractivity contribution in [1.82, 2.24) is 5.32 Å². The molecule has 0 radical (unpaired) electrons. The number of carboxylic acid groups (broad SMARTS) is 1. The predicted molar refractivity (Wildman–Crippen MR) is 56.3 cm³/mol. The molecule has 0 aliphatic heterocycles. The zero-order chi connectivity index (χ0) is 11.8. The standard InChI is InChI=1S/C11H19NO3/c1-6-5-7(6)9(13)12-8(10(14)15)11(2,3)4/h6-8H,5H2,1-4H3,(H,12,13)(H,14,15)/t6?,7?,8-/m0/s1. The first-order valence-electron chi connectivity index (χ1n) is 5.26. The van der Waals surface area contributed by atoms with Crippen molar-refractivity contribution in [2.24, 2.45) is 17.3 Å². The Morgan fingerprint density at radius 3 is 2.13 bits per heavy atom. The van der Waals surface area contributed by atoms with E-state index in [0.29, 0.717) is 5.92 Å². The number of hydrogen-bond acceptors (Lipinski definition) is 2. The molecule has 86 valence electrons. The summed E-state index contributed by atoms with van der Waals surface area (Å²) >= 11 is 0. The number of aliphatic carboxylic acids is 1. The van der Waals surface area contributed by atoms with Crippen molar-refractivity contribution in [2.45, 2.75) is 40.2 Å². The highest BCUT2D eigenvalue weighted by atomic mass is 16.4. The molecular formula is C11H19NO3. The smallest absolute Gasteiger partial charge is 0.326 e. The van der Waals surface area contributed by atoms with Crippen LogP contribution in [0.25, 0.3) is 0 Å². The molecule has 0 aromatic heterocycles. The van der Waals surface area contributed by atoms with Crippen molar-refractivity contribution in [3.05, 3.63) is 0 Å². The molecule has 0 aromatic carbocycles. The number of carbonyl (C=O) groups is 2. The maximum atomic E-state index is 11.6. The number of amides is 1. The largest absolute Gasteiger partial charge is 0.480 e. The van der Waals surface area contributed by atoms with Crippen molar-refractivity contribution < 1.29 is 14.7 Å². The third kappa shape index (κ3) is 2.94. The Hall–Kier alpha value is -1.06. The summed E-state index contributed by atoms with van der Waals surface area (Å²) in [4.78, 5) is 22.6. The van der Waals surface area contributed by atoms with Gasteiger partial charge in [-0.2, -0.15) is 0 Å². The van der Waals surface area contributed by atoms with E-state index in [1.165, 1.54) is 0 Å². The maximum Gasteiger partial charge on any atom is 0.326 e. The van der Waals surface area contributed by atoms with Gasteiger partial charge in [0.05, 0.1) is 0 Å². The van der Waals surface area contributed by atoms with Crippen LogP contribution >= 0.6 is 0 Å². The Labute approximate surface area is 90.0 Å². The average Bonchev–Trinajstić information content (AvgIpc) is 2.75. The van der Waals surface area contributed by atoms with E-state index in [0.717, 1.165) is 6.42 Å². The first kappa shape index (κ1) is 12.0. The van der Waals surface area contributed by atoms with Gasteiger partial charge < -0.3 is 10.4 Å². The molecule has 0 heterocycles. The lowest BCUT2D eigenvalue weighted by Gasteiger charge is -2.27. The van der Waals surface area contributed by atoms with Gasteiger partial charge in [-0.05, 0) is 17.8 Å². The number of hydrogen-bond donors (Lipinski definition) is 2. The molecule has 1 saturated carbocycles. The summed E-state index contributed by atoms with van der Waals surface area (Å²) in [6.07, 6.45) is 0.877. The van der Waals surface area contributed by atoms with Gasteiger partial charge in [-0.15, -0.1) is 0 Å². The van der Waals surface area contributed by atoms with E-state index >= 15 is 0 Å². The van der Waals surface area contributed by atoms with Gasteiger partial charge in [-0.1, -0.05) is 27.7 Å². The lowest BCUT2D eigenvalue weighted by Crippen LogP contribution is -2.49. The molecule has 1 aliphatic rings. The number of rotatable bonds is 3. The number of carbonyl (C=O) groups excluding carboxylic acids is 1. The van der Waals surface area contributed by atoms with Crippen LogP contribution in [0.1, 0.15) is 34.1 Å². The zero-order valence-electron chi connectivity index (χ0n) is 9.70. The lowest BCUT2D eigenvalue weighted by molar-refractivity contribution is -0.145. The molecule has 2 unspecified atom stereocenters. The average molecular weight is 213 g/mol. The van der Waals surface area contributed by atoms with Crippen molar-refractivity contribution >= 4 is 11.9 Å². The van der Waals surface area contributed by atoms with Gasteiger partial charge in [0, 0.05) is 5.92 Å². The van der Waals surface area contributed by atoms with E-state index in [9.17, 15) is 9.59 Å². The fraction of sp³-hybridized carbons (Fsp3) is 0.818. The Kier molecular flexibility index (Phi) is 3.07. The van der Waals surface area contributed by atoms with Crippen LogP contribution in [0.15, 0.2) is 0 Å². The molecule has 4 nitrogen and oxygen atoms in total. The molecule has 4 heteroatoms. The summed E-state index contributed by atoms with van der Waals surface area (Å²) in [5.41, 5.74) is -0.459. The second-order valence-corrected chi connectivity index (χ2v) is 5.47. The molecule has 1 amide bonds. The summed E-state index contributed by atoms with van der Waals surface area (Å²) < 4.78 is 0. The molecule has 2 N–H and O–H groups in total. The van der Waals surface area contributed by atoms with Crippen molar-refractivity contribution in [1.29, 1.82) is 0 Å². The van der Waals surface area contributed by atoms with E-state index in [4.69, 9.17) is 5.11 Å². The fourth-order valence-electron chi connectivity index (χ4n) is 1.59. The van der Waals surface area contributed by atoms with Crippen LogP contribution < -0.4 is 5.32 Å². The Morgan fingerprint density at radius 2 is 1.87 bits per heavy atom. The van der Waals surface area contributed by atoms with Crippen LogP contribution in [-0.4, -0.2) is 23.0 Å².